The number of halogens is 3. The largest absolute Gasteiger partial charge is 0.573 e. The average Bonchev–Trinajstić information content (AvgIpc) is 3.23. The highest BCUT2D eigenvalue weighted by molar-refractivity contribution is 5.94. The number of hydrogen-bond acceptors (Lipinski definition) is 5. The Morgan fingerprint density at radius 1 is 1.05 bits per heavy atom. The molecule has 1 saturated carbocycles. The van der Waals surface area contributed by atoms with E-state index in [0.29, 0.717) is 43.6 Å². The molecule has 0 bridgehead atoms. The Morgan fingerprint density at radius 3 is 2.35 bits per heavy atom. The van der Waals surface area contributed by atoms with Crippen LogP contribution >= 0.6 is 0 Å². The molecule has 0 atom stereocenters. The number of piperidine rings is 1. The van der Waals surface area contributed by atoms with E-state index in [1.54, 1.807) is 16.6 Å². The normalized spacial score (nSPS) is 21.4. The smallest absolute Gasteiger partial charge is 0.406 e. The zero-order chi connectivity index (χ0) is 26.2. The molecule has 1 N–H and O–H groups in total. The summed E-state index contributed by atoms with van der Waals surface area (Å²) in [6.07, 6.45) is 2.58. The Kier molecular flexibility index (Phi) is 6.98. The van der Waals surface area contributed by atoms with Crippen molar-refractivity contribution in [3.63, 3.8) is 0 Å². The van der Waals surface area contributed by atoms with Crippen molar-refractivity contribution >= 4 is 17.1 Å². The lowest BCUT2D eigenvalue weighted by molar-refractivity contribution is -0.274. The number of aromatic nitrogens is 3. The van der Waals surface area contributed by atoms with Crippen molar-refractivity contribution in [1.82, 2.24) is 19.4 Å². The van der Waals surface area contributed by atoms with Crippen LogP contribution in [-0.2, 0) is 4.74 Å². The number of H-pyrrole nitrogens is 1. The van der Waals surface area contributed by atoms with Crippen molar-refractivity contribution in [3.8, 4) is 5.75 Å². The van der Waals surface area contributed by atoms with E-state index in [1.807, 2.05) is 6.20 Å². The van der Waals surface area contributed by atoms with Crippen molar-refractivity contribution in [2.75, 3.05) is 20.2 Å². The predicted molar refractivity (Wildman–Crippen MR) is 130 cm³/mol. The van der Waals surface area contributed by atoms with Crippen LogP contribution in [0, 0.1) is 0 Å². The summed E-state index contributed by atoms with van der Waals surface area (Å²) in [5.74, 6) is -0.255. The van der Waals surface area contributed by atoms with Crippen LogP contribution in [0.1, 0.15) is 66.4 Å². The highest BCUT2D eigenvalue weighted by Crippen LogP contribution is 2.35. The number of ether oxygens (including phenoxy) is 2. The van der Waals surface area contributed by atoms with Gasteiger partial charge in [0.25, 0.3) is 5.91 Å². The molecule has 3 heterocycles. The van der Waals surface area contributed by atoms with Crippen LogP contribution in [0.5, 0.6) is 5.75 Å². The number of amides is 1. The van der Waals surface area contributed by atoms with E-state index in [1.165, 1.54) is 12.1 Å². The molecule has 1 amide bonds. The van der Waals surface area contributed by atoms with Gasteiger partial charge in [0.05, 0.1) is 11.6 Å². The Morgan fingerprint density at radius 2 is 1.73 bits per heavy atom. The second kappa shape index (κ2) is 10.2. The lowest BCUT2D eigenvalue weighted by atomic mass is 9.83. The maximum Gasteiger partial charge on any atom is 0.573 e. The molecular weight excluding hydrogens is 489 g/mol. The predicted octanol–water partition coefficient (Wildman–Crippen LogP) is 4.77. The summed E-state index contributed by atoms with van der Waals surface area (Å²) in [6.45, 7) is 0.856. The van der Waals surface area contributed by atoms with E-state index in [2.05, 4.69) is 20.8 Å². The van der Waals surface area contributed by atoms with Crippen molar-refractivity contribution < 1.29 is 27.4 Å². The average molecular weight is 519 g/mol. The first kappa shape index (κ1) is 25.3. The lowest BCUT2D eigenvalue weighted by Crippen LogP contribution is -2.40. The molecule has 2 aromatic heterocycles. The van der Waals surface area contributed by atoms with Gasteiger partial charge in [0.2, 0.25) is 0 Å². The number of nitrogens with one attached hydrogen (secondary N) is 1. The Labute approximate surface area is 211 Å². The molecule has 2 aliphatic rings. The van der Waals surface area contributed by atoms with Gasteiger partial charge in [-0.25, -0.2) is 9.78 Å². The molecule has 1 aliphatic heterocycles. The van der Waals surface area contributed by atoms with Crippen LogP contribution in [0.25, 0.3) is 11.2 Å². The SMILES string of the molecule is CO[C@H]1CC[C@@H](c2cnc3[nH]c(=O)n(C4CCN(C(=O)c5ccc(OC(F)(F)F)cc5)CC4)c3c2)CC1. The van der Waals surface area contributed by atoms with Gasteiger partial charge in [0, 0.05) is 38.0 Å². The maximum atomic E-state index is 12.9. The van der Waals surface area contributed by atoms with Crippen molar-refractivity contribution in [2.24, 2.45) is 0 Å². The fourth-order valence-corrected chi connectivity index (χ4v) is 5.55. The van der Waals surface area contributed by atoms with E-state index < -0.39 is 6.36 Å². The lowest BCUT2D eigenvalue weighted by Gasteiger charge is -2.32. The minimum atomic E-state index is -4.78. The minimum Gasteiger partial charge on any atom is -0.406 e. The van der Waals surface area contributed by atoms with Crippen LogP contribution < -0.4 is 10.4 Å². The van der Waals surface area contributed by atoms with Crippen LogP contribution in [0.3, 0.4) is 0 Å². The van der Waals surface area contributed by atoms with E-state index in [4.69, 9.17) is 4.74 Å². The second-order valence-electron chi connectivity index (χ2n) is 9.74. The van der Waals surface area contributed by atoms with Gasteiger partial charge in [0.15, 0.2) is 5.65 Å². The number of methoxy groups -OCH3 is 1. The molecular formula is C26H29F3N4O4. The third kappa shape index (κ3) is 5.51. The molecule has 5 rings (SSSR count). The van der Waals surface area contributed by atoms with Crippen molar-refractivity contribution in [2.45, 2.75) is 63.0 Å². The first-order valence-corrected chi connectivity index (χ1v) is 12.5. The molecule has 1 aromatic carbocycles. The number of pyridine rings is 1. The second-order valence-corrected chi connectivity index (χ2v) is 9.74. The summed E-state index contributed by atoms with van der Waals surface area (Å²) < 4.78 is 48.3. The van der Waals surface area contributed by atoms with Crippen molar-refractivity contribution in [1.29, 1.82) is 0 Å². The molecule has 0 unspecified atom stereocenters. The molecule has 11 heteroatoms. The van der Waals surface area contributed by atoms with Gasteiger partial charge in [-0.15, -0.1) is 13.2 Å². The summed E-state index contributed by atoms with van der Waals surface area (Å²) in [5, 5.41) is 0. The topological polar surface area (TPSA) is 89.5 Å². The summed E-state index contributed by atoms with van der Waals surface area (Å²) in [4.78, 5) is 34.8. The standard InChI is InChI=1S/C26H29F3N4O4/c1-36-20-6-2-16(3-7-20)18-14-22-23(30-15-18)31-25(35)33(22)19-10-12-32(13-11-19)24(34)17-4-8-21(9-5-17)37-26(27,28)29/h4-5,8-9,14-16,19-20H,2-3,6-7,10-13H2,1H3,(H,30,31,35)/t16-,20+. The number of alkyl halides is 3. The fraction of sp³-hybridized carbons (Fsp3) is 0.500. The number of hydrogen-bond donors (Lipinski definition) is 1. The van der Waals surface area contributed by atoms with E-state index in [0.717, 1.165) is 48.9 Å². The third-order valence-electron chi connectivity index (χ3n) is 7.52. The molecule has 198 valence electrons. The Hall–Kier alpha value is -3.34. The number of benzene rings is 1. The molecule has 0 radical (unpaired) electrons. The highest BCUT2D eigenvalue weighted by Gasteiger charge is 2.32. The quantitative estimate of drug-likeness (QED) is 0.526. The molecule has 37 heavy (non-hydrogen) atoms. The molecule has 3 aromatic rings. The molecule has 8 nitrogen and oxygen atoms in total. The number of nitrogens with zero attached hydrogens (tertiary/aromatic N) is 3. The number of carbonyl (C=O) groups excluding carboxylic acids is 1. The van der Waals surface area contributed by atoms with Gasteiger partial charge in [-0.2, -0.15) is 0 Å². The zero-order valence-corrected chi connectivity index (χ0v) is 20.5. The number of likely N-dealkylation sites (tertiary alicyclic amines) is 1. The van der Waals surface area contributed by atoms with Crippen molar-refractivity contribution in [3.05, 3.63) is 58.1 Å². The first-order chi connectivity index (χ1) is 17.7. The summed E-state index contributed by atoms with van der Waals surface area (Å²) in [7, 11) is 1.75. The molecule has 0 spiro atoms. The van der Waals surface area contributed by atoms with Gasteiger partial charge in [0.1, 0.15) is 5.75 Å². The number of imidazole rings is 1. The molecule has 2 fully saturated rings. The molecule has 1 saturated heterocycles. The number of fused-ring (bicyclic) bond motifs is 1. The monoisotopic (exact) mass is 518 g/mol. The summed E-state index contributed by atoms with van der Waals surface area (Å²) in [5.41, 5.74) is 2.53. The van der Waals surface area contributed by atoms with Gasteiger partial charge < -0.3 is 14.4 Å². The summed E-state index contributed by atoms with van der Waals surface area (Å²) >= 11 is 0. The van der Waals surface area contributed by atoms with Crippen LogP contribution in [0.4, 0.5) is 13.2 Å². The Bertz CT molecular complexity index is 1300. The Balaban J connectivity index is 1.27. The van der Waals surface area contributed by atoms with Gasteiger partial charge >= 0.3 is 12.1 Å². The number of aromatic amines is 1. The molecule has 1 aliphatic carbocycles. The van der Waals surface area contributed by atoms with Crippen LogP contribution in [0.15, 0.2) is 41.3 Å². The third-order valence-corrected chi connectivity index (χ3v) is 7.52. The van der Waals surface area contributed by atoms with Gasteiger partial charge in [-0.05, 0) is 80.3 Å². The summed E-state index contributed by atoms with van der Waals surface area (Å²) in [6, 6.07) is 6.89. The van der Waals surface area contributed by atoms with Crippen LogP contribution in [-0.4, -0.2) is 58.0 Å². The maximum absolute atomic E-state index is 12.9. The minimum absolute atomic E-state index is 0.0888. The van der Waals surface area contributed by atoms with E-state index in [-0.39, 0.29) is 29.0 Å². The first-order valence-electron chi connectivity index (χ1n) is 12.5. The van der Waals surface area contributed by atoms with E-state index >= 15 is 0 Å². The number of rotatable bonds is 5. The zero-order valence-electron chi connectivity index (χ0n) is 20.5. The van der Waals surface area contributed by atoms with E-state index in [9.17, 15) is 22.8 Å². The highest BCUT2D eigenvalue weighted by atomic mass is 19.4. The van der Waals surface area contributed by atoms with Crippen LogP contribution in [0.2, 0.25) is 0 Å². The van der Waals surface area contributed by atoms with Gasteiger partial charge in [-0.1, -0.05) is 0 Å². The fourth-order valence-electron chi connectivity index (χ4n) is 5.55. The van der Waals surface area contributed by atoms with Gasteiger partial charge in [-0.3, -0.25) is 14.3 Å². The number of carbonyl (C=O) groups is 1.